The molecule has 0 fully saturated rings. The molecular weight excluding hydrogens is 583 g/mol. The van der Waals surface area contributed by atoms with Gasteiger partial charge in [-0.2, -0.15) is 0 Å². The minimum atomic E-state index is -2.59. The summed E-state index contributed by atoms with van der Waals surface area (Å²) in [7, 11) is 0. The van der Waals surface area contributed by atoms with Crippen molar-refractivity contribution in [2.45, 2.75) is 10.0 Å². The van der Waals surface area contributed by atoms with Crippen LogP contribution in [0.4, 0.5) is 0 Å². The first-order valence-corrected chi connectivity index (χ1v) is 16.4. The molecule has 3 heteroatoms. The summed E-state index contributed by atoms with van der Waals surface area (Å²) in [5, 5.41) is 0. The fourth-order valence-corrected chi connectivity index (χ4v) is 14.7. The van der Waals surface area contributed by atoms with Gasteiger partial charge in [-0.15, -0.1) is 0 Å². The molecule has 0 nitrogen and oxygen atoms in total. The van der Waals surface area contributed by atoms with Crippen molar-refractivity contribution < 1.29 is 46.1 Å². The van der Waals surface area contributed by atoms with Gasteiger partial charge in [-0.05, 0) is 0 Å². The summed E-state index contributed by atoms with van der Waals surface area (Å²) in [6, 6.07) is 36.1. The monoisotopic (exact) mass is 608 g/mol. The van der Waals surface area contributed by atoms with Crippen LogP contribution in [0.5, 0.6) is 0 Å². The number of hydrogen-bond acceptors (Lipinski definition) is 0. The van der Waals surface area contributed by atoms with Crippen LogP contribution in [0, 0.1) is 0 Å². The van der Waals surface area contributed by atoms with Crippen molar-refractivity contribution in [2.75, 3.05) is 0 Å². The third-order valence-electron chi connectivity index (χ3n) is 7.34. The Bertz CT molecular complexity index is 1480. The minimum absolute atomic E-state index is 0. The topological polar surface area (TPSA) is 0 Å². The van der Waals surface area contributed by atoms with Crippen molar-refractivity contribution in [3.8, 4) is 11.1 Å². The average Bonchev–Trinajstić information content (AvgIpc) is 3.59. The van der Waals surface area contributed by atoms with E-state index in [9.17, 15) is 0 Å². The molecule has 0 unspecified atom stereocenters. The molecule has 6 rings (SSSR count). The van der Waals surface area contributed by atoms with Crippen LogP contribution in [0.1, 0.15) is 43.4 Å². The molecule has 4 aromatic carbocycles. The second-order valence-electron chi connectivity index (χ2n) is 9.38. The van der Waals surface area contributed by atoms with E-state index in [-0.39, 0.29) is 24.8 Å². The number of rotatable bonds is 6. The molecule has 0 saturated carbocycles. The summed E-state index contributed by atoms with van der Waals surface area (Å²) in [5.41, 5.74) is 10.8. The largest absolute Gasteiger partial charge is 1.00 e. The second kappa shape index (κ2) is 12.4. The van der Waals surface area contributed by atoms with E-state index in [4.69, 9.17) is 0 Å². The Morgan fingerprint density at radius 3 is 1.61 bits per heavy atom. The van der Waals surface area contributed by atoms with E-state index in [1.54, 1.807) is 6.49 Å². The molecule has 38 heavy (non-hydrogen) atoms. The molecule has 0 aromatic heterocycles. The molecule has 0 atom stereocenters. The maximum Gasteiger partial charge on any atom is -1.00 e. The molecule has 0 amide bonds. The Morgan fingerprint density at radius 1 is 0.684 bits per heavy atom. The number of benzene rings is 4. The predicted octanol–water partition coefficient (Wildman–Crippen LogP) is 2.78. The predicted molar refractivity (Wildman–Crippen MR) is 152 cm³/mol. The maximum atomic E-state index is 4.05. The van der Waals surface area contributed by atoms with E-state index in [2.05, 4.69) is 128 Å². The fourth-order valence-electron chi connectivity index (χ4n) is 5.67. The average molecular weight is 611 g/mol. The maximum absolute atomic E-state index is 4.05. The zero-order valence-corrected chi connectivity index (χ0v) is 25.0. The fraction of sp³-hybridized carbons (Fsp3) is 0.0571. The first-order valence-electron chi connectivity index (χ1n) is 12.5. The van der Waals surface area contributed by atoms with E-state index in [0.29, 0.717) is 3.63 Å². The van der Waals surface area contributed by atoms with Crippen LogP contribution in [0.3, 0.4) is 0 Å². The van der Waals surface area contributed by atoms with Crippen molar-refractivity contribution in [1.82, 2.24) is 0 Å². The molecule has 0 saturated heterocycles. The molecule has 0 aliphatic heterocycles. The number of fused-ring (bicyclic) bond motifs is 3. The number of hydrogen-bond donors (Lipinski definition) is 0. The molecule has 0 radical (unpaired) electrons. The quantitative estimate of drug-likeness (QED) is 0.315. The van der Waals surface area contributed by atoms with Gasteiger partial charge in [0.15, 0.2) is 0 Å². The van der Waals surface area contributed by atoms with Gasteiger partial charge in [0, 0.05) is 0 Å². The van der Waals surface area contributed by atoms with Crippen molar-refractivity contribution in [3.63, 3.8) is 0 Å². The Kier molecular flexibility index (Phi) is 9.16. The molecule has 0 bridgehead atoms. The number of allylic oxidation sites excluding steroid dienone is 4. The Morgan fingerprint density at radius 2 is 1.18 bits per heavy atom. The summed E-state index contributed by atoms with van der Waals surface area (Å²) in [6.45, 7) is 8.09. The smallest absolute Gasteiger partial charge is 1.00 e. The summed E-state index contributed by atoms with van der Waals surface area (Å²) >= 11 is -2.59. The first-order chi connectivity index (χ1) is 17.8. The summed E-state index contributed by atoms with van der Waals surface area (Å²) < 4.78 is 3.65. The molecule has 0 heterocycles. The van der Waals surface area contributed by atoms with Gasteiger partial charge in [0.25, 0.3) is 0 Å². The van der Waals surface area contributed by atoms with E-state index < -0.39 is 21.3 Å². The first kappa shape index (κ1) is 28.2. The molecule has 186 valence electrons. The van der Waals surface area contributed by atoms with E-state index >= 15 is 0 Å². The second-order valence-corrected chi connectivity index (χ2v) is 15.6. The molecule has 0 N–H and O–H groups in total. The Labute approximate surface area is 246 Å². The summed E-state index contributed by atoms with van der Waals surface area (Å²) in [6.07, 6.45) is 12.0. The van der Waals surface area contributed by atoms with Gasteiger partial charge in [0.1, 0.15) is 0 Å². The SMILES string of the molecule is C=Cc1ccc2c(c1)-c1cc(C=C)ccc1[CH]2[Zr+2]([C]1=CC=CC1)=[C](c1ccccc1)c1ccccc1.[Cl-].[Cl-]. The van der Waals surface area contributed by atoms with Crippen molar-refractivity contribution in [3.05, 3.63) is 165 Å². The molecule has 0 spiro atoms. The standard InChI is InChI=1S/C17H13.C13H10.C5H5.2ClH.Zr/c1-3-12-5-7-14-11-15-8-6-13(4-2)10-17(15)16(14)9-12;1-3-7-12(8-4-1)11-13-9-5-2-6-10-13;1-2-4-5-3-1;;;/h3-11H,1-2H2;1-10H;1-3H,4H2;2*1H;/q;;;;;+2/p-2. The zero-order chi connectivity index (χ0) is 24.5. The van der Waals surface area contributed by atoms with Crippen molar-refractivity contribution >= 4 is 15.4 Å². The molecule has 2 aliphatic rings. The van der Waals surface area contributed by atoms with Crippen molar-refractivity contribution in [1.29, 1.82) is 0 Å². The van der Waals surface area contributed by atoms with Crippen LogP contribution in [0.2, 0.25) is 0 Å². The Balaban J connectivity index is 0.00000168. The molecule has 4 aromatic rings. The van der Waals surface area contributed by atoms with Gasteiger partial charge in [0.2, 0.25) is 0 Å². The van der Waals surface area contributed by atoms with Gasteiger partial charge in [-0.1, -0.05) is 0 Å². The van der Waals surface area contributed by atoms with Gasteiger partial charge in [0.05, 0.1) is 0 Å². The van der Waals surface area contributed by atoms with Gasteiger partial charge < -0.3 is 24.8 Å². The van der Waals surface area contributed by atoms with E-state index in [0.717, 1.165) is 6.42 Å². The van der Waals surface area contributed by atoms with Gasteiger partial charge in [-0.25, -0.2) is 0 Å². The van der Waals surface area contributed by atoms with Gasteiger partial charge >= 0.3 is 223 Å². The van der Waals surface area contributed by atoms with Crippen LogP contribution < -0.4 is 24.8 Å². The van der Waals surface area contributed by atoms with Crippen LogP contribution in [0.15, 0.2) is 132 Å². The van der Waals surface area contributed by atoms with E-state index in [1.807, 2.05) is 12.2 Å². The van der Waals surface area contributed by atoms with Crippen LogP contribution in [-0.2, 0) is 21.3 Å². The third-order valence-corrected chi connectivity index (χ3v) is 15.6. The zero-order valence-electron chi connectivity index (χ0n) is 21.1. The normalized spacial score (nSPS) is 12.7. The van der Waals surface area contributed by atoms with Crippen molar-refractivity contribution in [2.24, 2.45) is 0 Å². The van der Waals surface area contributed by atoms with Crippen LogP contribution >= 0.6 is 0 Å². The summed E-state index contributed by atoms with van der Waals surface area (Å²) in [5.74, 6) is 0. The summed E-state index contributed by atoms with van der Waals surface area (Å²) in [4.78, 5) is 0. The molecular formula is C35H28Cl2Zr. The van der Waals surface area contributed by atoms with E-state index in [1.165, 1.54) is 44.5 Å². The Hall–Kier alpha value is -2.83. The minimum Gasteiger partial charge on any atom is -1.00 e. The van der Waals surface area contributed by atoms with Crippen LogP contribution in [-0.4, -0.2) is 3.21 Å². The molecule has 2 aliphatic carbocycles. The van der Waals surface area contributed by atoms with Crippen LogP contribution in [0.25, 0.3) is 23.3 Å². The number of halogens is 2. The third kappa shape index (κ3) is 5.09. The van der Waals surface area contributed by atoms with Gasteiger partial charge in [-0.3, -0.25) is 0 Å².